The quantitative estimate of drug-likeness (QED) is 0.784. The number of hydrogen-bond donors (Lipinski definition) is 0. The maximum atomic E-state index is 2.49. The Morgan fingerprint density at radius 1 is 1.25 bits per heavy atom. The molecule has 0 bridgehead atoms. The van der Waals surface area contributed by atoms with Crippen molar-refractivity contribution in [2.45, 2.75) is 38.5 Å². The van der Waals surface area contributed by atoms with E-state index in [9.17, 15) is 0 Å². The summed E-state index contributed by atoms with van der Waals surface area (Å²) in [7, 11) is 2.25. The molecular weight excluding hydrogens is 242 g/mol. The van der Waals surface area contributed by atoms with Crippen LogP contribution in [0.25, 0.3) is 5.57 Å². The van der Waals surface area contributed by atoms with Gasteiger partial charge >= 0.3 is 0 Å². The molecule has 1 nitrogen and oxygen atoms in total. The third kappa shape index (κ3) is 1.88. The van der Waals surface area contributed by atoms with E-state index in [2.05, 4.69) is 62.2 Å². The largest absolute Gasteiger partial charge is 0.305 e. The van der Waals surface area contributed by atoms with E-state index in [1.165, 1.54) is 30.6 Å². The highest BCUT2D eigenvalue weighted by Gasteiger charge is 2.46. The molecule has 1 saturated heterocycles. The Hall–Kier alpha value is -1.34. The van der Waals surface area contributed by atoms with E-state index in [1.807, 2.05) is 0 Å². The summed E-state index contributed by atoms with van der Waals surface area (Å²) in [5, 5.41) is 0. The zero-order valence-corrected chi connectivity index (χ0v) is 12.9. The molecule has 1 heteroatoms. The van der Waals surface area contributed by atoms with Gasteiger partial charge in [0.2, 0.25) is 0 Å². The molecule has 1 aliphatic heterocycles. The summed E-state index contributed by atoms with van der Waals surface area (Å²) in [5.41, 5.74) is 6.49. The standard InChI is InChI=1S/C19H25N/c1-4-6-9-15-16-10-7-8-11-18(16)19(17(15)5-2)12-13-20(3)14-19/h6-11H,4-5,12-14H2,1-3H3/b9-6-. The average molecular weight is 267 g/mol. The Bertz CT molecular complexity index is 567. The number of nitrogens with zero attached hydrogens (tertiary/aromatic N) is 1. The Balaban J connectivity index is 2.19. The molecule has 0 radical (unpaired) electrons. The van der Waals surface area contributed by atoms with Gasteiger partial charge in [-0.15, -0.1) is 0 Å². The Labute approximate surface area is 123 Å². The van der Waals surface area contributed by atoms with Gasteiger partial charge in [0, 0.05) is 12.0 Å². The van der Waals surface area contributed by atoms with Gasteiger partial charge in [0.05, 0.1) is 0 Å². The summed E-state index contributed by atoms with van der Waals surface area (Å²) in [4.78, 5) is 2.49. The molecule has 0 aromatic heterocycles. The molecule has 0 amide bonds. The lowest BCUT2D eigenvalue weighted by Gasteiger charge is -2.29. The second-order valence-corrected chi connectivity index (χ2v) is 6.17. The van der Waals surface area contributed by atoms with Gasteiger partial charge in [-0.2, -0.15) is 0 Å². The summed E-state index contributed by atoms with van der Waals surface area (Å²) in [6.45, 7) is 6.92. The predicted molar refractivity (Wildman–Crippen MR) is 86.9 cm³/mol. The molecule has 0 saturated carbocycles. The summed E-state index contributed by atoms with van der Waals surface area (Å²) in [6.07, 6.45) is 8.21. The Morgan fingerprint density at radius 2 is 2.05 bits per heavy atom. The highest BCUT2D eigenvalue weighted by atomic mass is 15.1. The van der Waals surface area contributed by atoms with E-state index < -0.39 is 0 Å². The number of fused-ring (bicyclic) bond motifs is 2. The highest BCUT2D eigenvalue weighted by molar-refractivity contribution is 5.86. The van der Waals surface area contributed by atoms with Crippen molar-refractivity contribution in [3.8, 4) is 0 Å². The molecular formula is C19H25N. The normalized spacial score (nSPS) is 26.1. The number of allylic oxidation sites excluding steroid dienone is 3. The zero-order valence-electron chi connectivity index (χ0n) is 12.9. The maximum absolute atomic E-state index is 2.49. The van der Waals surface area contributed by atoms with Gasteiger partial charge in [-0.25, -0.2) is 0 Å². The molecule has 1 atom stereocenters. The zero-order chi connectivity index (χ0) is 14.2. The Morgan fingerprint density at radius 3 is 2.70 bits per heavy atom. The molecule has 1 heterocycles. The van der Waals surface area contributed by atoms with Gasteiger partial charge in [0.25, 0.3) is 0 Å². The smallest absolute Gasteiger partial charge is 0.0316 e. The van der Waals surface area contributed by atoms with Crippen molar-refractivity contribution in [1.29, 1.82) is 0 Å². The van der Waals surface area contributed by atoms with E-state index in [0.717, 1.165) is 12.8 Å². The average Bonchev–Trinajstić information content (AvgIpc) is 2.97. The van der Waals surface area contributed by atoms with Crippen LogP contribution < -0.4 is 0 Å². The predicted octanol–water partition coefficient (Wildman–Crippen LogP) is 4.40. The third-order valence-electron chi connectivity index (χ3n) is 4.97. The van der Waals surface area contributed by atoms with E-state index in [1.54, 1.807) is 11.1 Å². The third-order valence-corrected chi connectivity index (χ3v) is 4.97. The fourth-order valence-corrected chi connectivity index (χ4v) is 4.14. The number of rotatable bonds is 3. The van der Waals surface area contributed by atoms with Crippen molar-refractivity contribution in [2.75, 3.05) is 20.1 Å². The van der Waals surface area contributed by atoms with Crippen molar-refractivity contribution in [2.24, 2.45) is 0 Å². The van der Waals surface area contributed by atoms with Crippen LogP contribution in [0.1, 0.15) is 44.2 Å². The van der Waals surface area contributed by atoms with E-state index in [4.69, 9.17) is 0 Å². The van der Waals surface area contributed by atoms with Crippen molar-refractivity contribution in [3.05, 3.63) is 53.1 Å². The van der Waals surface area contributed by atoms with Crippen LogP contribution in [0.2, 0.25) is 0 Å². The molecule has 20 heavy (non-hydrogen) atoms. The second-order valence-electron chi connectivity index (χ2n) is 6.17. The van der Waals surface area contributed by atoms with Crippen molar-refractivity contribution >= 4 is 5.57 Å². The number of likely N-dealkylation sites (N-methyl/N-ethyl adjacent to an activating group) is 1. The first-order valence-electron chi connectivity index (χ1n) is 7.91. The first-order chi connectivity index (χ1) is 9.73. The van der Waals surface area contributed by atoms with E-state index in [0.29, 0.717) is 0 Å². The van der Waals surface area contributed by atoms with Gasteiger partial charge in [0.15, 0.2) is 0 Å². The van der Waals surface area contributed by atoms with Crippen molar-refractivity contribution < 1.29 is 0 Å². The molecule has 1 aliphatic carbocycles. The number of hydrogen-bond acceptors (Lipinski definition) is 1. The monoisotopic (exact) mass is 267 g/mol. The minimum absolute atomic E-state index is 0.285. The van der Waals surface area contributed by atoms with Crippen LogP contribution in [0, 0.1) is 0 Å². The fourth-order valence-electron chi connectivity index (χ4n) is 4.14. The number of likely N-dealkylation sites (tertiary alicyclic amines) is 1. The lowest BCUT2D eigenvalue weighted by Crippen LogP contribution is -2.29. The highest BCUT2D eigenvalue weighted by Crippen LogP contribution is 2.52. The van der Waals surface area contributed by atoms with Crippen LogP contribution in [0.3, 0.4) is 0 Å². The maximum Gasteiger partial charge on any atom is 0.0316 e. The molecule has 1 fully saturated rings. The summed E-state index contributed by atoms with van der Waals surface area (Å²) < 4.78 is 0. The van der Waals surface area contributed by atoms with E-state index in [-0.39, 0.29) is 5.41 Å². The topological polar surface area (TPSA) is 3.24 Å². The van der Waals surface area contributed by atoms with Crippen LogP contribution in [0.5, 0.6) is 0 Å². The number of benzene rings is 1. The van der Waals surface area contributed by atoms with Gasteiger partial charge in [-0.1, -0.05) is 55.8 Å². The molecule has 3 rings (SSSR count). The van der Waals surface area contributed by atoms with Gasteiger partial charge in [-0.3, -0.25) is 0 Å². The molecule has 1 aromatic rings. The molecule has 1 aromatic carbocycles. The first-order valence-corrected chi connectivity index (χ1v) is 7.91. The lowest BCUT2D eigenvalue weighted by atomic mass is 9.75. The molecule has 1 unspecified atom stereocenters. The summed E-state index contributed by atoms with van der Waals surface area (Å²) >= 11 is 0. The van der Waals surface area contributed by atoms with E-state index >= 15 is 0 Å². The van der Waals surface area contributed by atoms with Gasteiger partial charge in [0.1, 0.15) is 0 Å². The summed E-state index contributed by atoms with van der Waals surface area (Å²) in [6, 6.07) is 9.06. The minimum atomic E-state index is 0.285. The van der Waals surface area contributed by atoms with Crippen molar-refractivity contribution in [3.63, 3.8) is 0 Å². The molecule has 0 N–H and O–H groups in total. The minimum Gasteiger partial charge on any atom is -0.305 e. The Kier molecular flexibility index (Phi) is 3.55. The van der Waals surface area contributed by atoms with Crippen LogP contribution in [0.4, 0.5) is 0 Å². The van der Waals surface area contributed by atoms with Crippen LogP contribution >= 0.6 is 0 Å². The van der Waals surface area contributed by atoms with Crippen molar-refractivity contribution in [1.82, 2.24) is 4.90 Å². The molecule has 2 aliphatic rings. The fraction of sp³-hybridized carbons (Fsp3) is 0.474. The second kappa shape index (κ2) is 5.21. The SMILES string of the molecule is CC/C=C\C1=C(CC)C2(CCN(C)C2)c2ccccc21. The summed E-state index contributed by atoms with van der Waals surface area (Å²) in [5.74, 6) is 0. The van der Waals surface area contributed by atoms with Gasteiger partial charge in [-0.05, 0) is 49.6 Å². The van der Waals surface area contributed by atoms with Crippen LogP contribution in [-0.2, 0) is 5.41 Å². The molecule has 106 valence electrons. The lowest BCUT2D eigenvalue weighted by molar-refractivity contribution is 0.389. The molecule has 1 spiro atoms. The van der Waals surface area contributed by atoms with Gasteiger partial charge < -0.3 is 4.90 Å². The van der Waals surface area contributed by atoms with Crippen LogP contribution in [-0.4, -0.2) is 25.0 Å². The first kappa shape index (κ1) is 13.6. The van der Waals surface area contributed by atoms with Crippen LogP contribution in [0.15, 0.2) is 42.0 Å².